The summed E-state index contributed by atoms with van der Waals surface area (Å²) < 4.78 is 0. The average molecular weight is 489 g/mol. The van der Waals surface area contributed by atoms with Gasteiger partial charge in [0.05, 0.1) is 24.0 Å². The Balaban J connectivity index is 1.58. The van der Waals surface area contributed by atoms with Crippen LogP contribution in [0.2, 0.25) is 5.02 Å². The molecule has 1 aromatic heterocycles. The number of aromatic nitrogens is 2. The van der Waals surface area contributed by atoms with Gasteiger partial charge < -0.3 is 20.4 Å². The van der Waals surface area contributed by atoms with Crippen molar-refractivity contribution in [2.24, 2.45) is 0 Å². The number of terminal acetylenes is 1. The SMILES string of the molecule is C#CCN(C)C(=O)c1ccccc1Nc1nc(Nc2ccc3c(c2)CCCC(=O)N3C)ncc1Cl. The van der Waals surface area contributed by atoms with Crippen LogP contribution < -0.4 is 15.5 Å². The number of para-hydroxylation sites is 1. The Kier molecular flexibility index (Phi) is 7.18. The molecule has 8 nitrogen and oxygen atoms in total. The molecule has 4 rings (SSSR count). The summed E-state index contributed by atoms with van der Waals surface area (Å²) in [6, 6.07) is 12.9. The highest BCUT2D eigenvalue weighted by atomic mass is 35.5. The van der Waals surface area contributed by atoms with E-state index in [-0.39, 0.29) is 18.4 Å². The standard InChI is InChI=1S/C26H25ClN6O2/c1-4-14-32(2)25(35)19-9-5-6-10-21(19)30-24-20(27)16-28-26(31-24)29-18-12-13-22-17(15-18)8-7-11-23(34)33(22)3/h1,5-6,9-10,12-13,15-16H,7-8,11,14H2,2-3H3,(H2,28,29,30,31). The molecule has 0 radical (unpaired) electrons. The van der Waals surface area contributed by atoms with E-state index in [1.165, 1.54) is 11.1 Å². The van der Waals surface area contributed by atoms with E-state index in [0.717, 1.165) is 29.8 Å². The second-order valence-electron chi connectivity index (χ2n) is 8.20. The first-order chi connectivity index (χ1) is 16.9. The molecule has 0 unspecified atom stereocenters. The van der Waals surface area contributed by atoms with Crippen molar-refractivity contribution in [3.8, 4) is 12.3 Å². The number of anilines is 5. The molecule has 2 amide bonds. The zero-order valence-corrected chi connectivity index (χ0v) is 20.3. The highest BCUT2D eigenvalue weighted by Gasteiger charge is 2.20. The van der Waals surface area contributed by atoms with Crippen LogP contribution in [0.15, 0.2) is 48.7 Å². The van der Waals surface area contributed by atoms with Gasteiger partial charge in [-0.2, -0.15) is 4.98 Å². The van der Waals surface area contributed by atoms with E-state index in [1.54, 1.807) is 37.2 Å². The van der Waals surface area contributed by atoms with Crippen LogP contribution in [0.25, 0.3) is 0 Å². The Hall–Kier alpha value is -4.09. The lowest BCUT2D eigenvalue weighted by Crippen LogP contribution is -2.27. The van der Waals surface area contributed by atoms with Gasteiger partial charge in [0, 0.05) is 31.9 Å². The second kappa shape index (κ2) is 10.5. The topological polar surface area (TPSA) is 90.5 Å². The van der Waals surface area contributed by atoms with Crippen LogP contribution in [0, 0.1) is 12.3 Å². The van der Waals surface area contributed by atoms with Gasteiger partial charge in [-0.25, -0.2) is 4.98 Å². The van der Waals surface area contributed by atoms with Gasteiger partial charge in [-0.15, -0.1) is 6.42 Å². The molecule has 0 aliphatic carbocycles. The van der Waals surface area contributed by atoms with E-state index < -0.39 is 0 Å². The fourth-order valence-corrected chi connectivity index (χ4v) is 4.03. The molecule has 3 aromatic rings. The van der Waals surface area contributed by atoms with Crippen LogP contribution in [0.3, 0.4) is 0 Å². The molecular weight excluding hydrogens is 464 g/mol. The number of fused-ring (bicyclic) bond motifs is 1. The molecule has 2 heterocycles. The lowest BCUT2D eigenvalue weighted by molar-refractivity contribution is -0.118. The second-order valence-corrected chi connectivity index (χ2v) is 8.61. The van der Waals surface area contributed by atoms with Gasteiger partial charge in [0.1, 0.15) is 5.02 Å². The Morgan fingerprint density at radius 1 is 1.23 bits per heavy atom. The van der Waals surface area contributed by atoms with E-state index in [0.29, 0.717) is 34.5 Å². The molecule has 0 saturated heterocycles. The van der Waals surface area contributed by atoms with Crippen molar-refractivity contribution >= 4 is 52.2 Å². The number of aryl methyl sites for hydroxylation is 1. The molecule has 2 N–H and O–H groups in total. The van der Waals surface area contributed by atoms with Gasteiger partial charge in [-0.05, 0) is 48.7 Å². The van der Waals surface area contributed by atoms with Crippen molar-refractivity contribution in [2.45, 2.75) is 19.3 Å². The van der Waals surface area contributed by atoms with Crippen LogP contribution in [0.4, 0.5) is 28.8 Å². The van der Waals surface area contributed by atoms with Crippen LogP contribution in [-0.4, -0.2) is 47.3 Å². The summed E-state index contributed by atoms with van der Waals surface area (Å²) >= 11 is 6.36. The van der Waals surface area contributed by atoms with Crippen molar-refractivity contribution in [1.82, 2.24) is 14.9 Å². The number of benzene rings is 2. The molecule has 0 atom stereocenters. The maximum absolute atomic E-state index is 12.8. The molecule has 1 aliphatic rings. The number of amides is 2. The van der Waals surface area contributed by atoms with Crippen LogP contribution in [0.5, 0.6) is 0 Å². The Morgan fingerprint density at radius 3 is 2.83 bits per heavy atom. The first-order valence-electron chi connectivity index (χ1n) is 11.1. The minimum atomic E-state index is -0.219. The van der Waals surface area contributed by atoms with Gasteiger partial charge in [0.15, 0.2) is 5.82 Å². The van der Waals surface area contributed by atoms with Crippen molar-refractivity contribution in [3.63, 3.8) is 0 Å². The van der Waals surface area contributed by atoms with Crippen LogP contribution >= 0.6 is 11.6 Å². The summed E-state index contributed by atoms with van der Waals surface area (Å²) in [6.07, 6.45) is 8.99. The third kappa shape index (κ3) is 5.36. The monoisotopic (exact) mass is 488 g/mol. The van der Waals surface area contributed by atoms with E-state index in [1.807, 2.05) is 24.3 Å². The summed E-state index contributed by atoms with van der Waals surface area (Å²) in [7, 11) is 3.44. The van der Waals surface area contributed by atoms with Crippen molar-refractivity contribution in [1.29, 1.82) is 0 Å². The lowest BCUT2D eigenvalue weighted by Gasteiger charge is -2.19. The molecule has 35 heavy (non-hydrogen) atoms. The molecule has 0 spiro atoms. The zero-order valence-electron chi connectivity index (χ0n) is 19.5. The summed E-state index contributed by atoms with van der Waals surface area (Å²) in [5.74, 6) is 3.05. The zero-order chi connectivity index (χ0) is 24.9. The molecule has 178 valence electrons. The Bertz CT molecular complexity index is 1320. The van der Waals surface area contributed by atoms with Gasteiger partial charge >= 0.3 is 0 Å². The molecule has 0 fully saturated rings. The summed E-state index contributed by atoms with van der Waals surface area (Å²) in [4.78, 5) is 36.9. The fraction of sp³-hybridized carbons (Fsp3) is 0.231. The maximum Gasteiger partial charge on any atom is 0.256 e. The normalized spacial score (nSPS) is 12.9. The van der Waals surface area contributed by atoms with Gasteiger partial charge in [0.2, 0.25) is 11.9 Å². The Labute approximate surface area is 209 Å². The summed E-state index contributed by atoms with van der Waals surface area (Å²) in [5.41, 5.74) is 3.78. The number of carbonyl (C=O) groups is 2. The van der Waals surface area contributed by atoms with Crippen molar-refractivity contribution < 1.29 is 9.59 Å². The number of halogens is 1. The number of rotatable bonds is 6. The van der Waals surface area contributed by atoms with E-state index in [2.05, 4.69) is 26.5 Å². The summed E-state index contributed by atoms with van der Waals surface area (Å²) in [5, 5.41) is 6.65. The number of hydrogen-bond donors (Lipinski definition) is 2. The smallest absolute Gasteiger partial charge is 0.256 e. The maximum atomic E-state index is 12.8. The summed E-state index contributed by atoms with van der Waals surface area (Å²) in [6.45, 7) is 0.195. The van der Waals surface area contributed by atoms with Crippen LogP contribution in [0.1, 0.15) is 28.8 Å². The number of nitrogens with one attached hydrogen (secondary N) is 2. The molecule has 2 aromatic carbocycles. The number of hydrogen-bond acceptors (Lipinski definition) is 6. The van der Waals surface area contributed by atoms with E-state index >= 15 is 0 Å². The fourth-order valence-electron chi connectivity index (χ4n) is 3.89. The van der Waals surface area contributed by atoms with E-state index in [4.69, 9.17) is 18.0 Å². The van der Waals surface area contributed by atoms with Gasteiger partial charge in [-0.3, -0.25) is 9.59 Å². The molecular formula is C26H25ClN6O2. The lowest BCUT2D eigenvalue weighted by atomic mass is 10.1. The molecule has 0 saturated carbocycles. The minimum Gasteiger partial charge on any atom is -0.338 e. The van der Waals surface area contributed by atoms with Gasteiger partial charge in [0.25, 0.3) is 5.91 Å². The largest absolute Gasteiger partial charge is 0.338 e. The highest BCUT2D eigenvalue weighted by molar-refractivity contribution is 6.33. The number of nitrogens with zero attached hydrogens (tertiary/aromatic N) is 4. The Morgan fingerprint density at radius 2 is 2.03 bits per heavy atom. The van der Waals surface area contributed by atoms with Crippen molar-refractivity contribution in [2.75, 3.05) is 36.2 Å². The quantitative estimate of drug-likeness (QED) is 0.492. The van der Waals surface area contributed by atoms with Gasteiger partial charge in [-0.1, -0.05) is 29.7 Å². The molecule has 0 bridgehead atoms. The first kappa shape index (κ1) is 24.0. The minimum absolute atomic E-state index is 0.116. The van der Waals surface area contributed by atoms with E-state index in [9.17, 15) is 9.59 Å². The highest BCUT2D eigenvalue weighted by Crippen LogP contribution is 2.31. The van der Waals surface area contributed by atoms with Crippen LogP contribution in [-0.2, 0) is 11.2 Å². The van der Waals surface area contributed by atoms with Crippen molar-refractivity contribution in [3.05, 3.63) is 64.8 Å². The first-order valence-corrected chi connectivity index (χ1v) is 11.5. The predicted octanol–water partition coefficient (Wildman–Crippen LogP) is 4.62. The molecule has 9 heteroatoms. The third-order valence-corrected chi connectivity index (χ3v) is 6.01. The number of carbonyl (C=O) groups excluding carboxylic acids is 2. The predicted molar refractivity (Wildman–Crippen MR) is 139 cm³/mol. The average Bonchev–Trinajstić information content (AvgIpc) is 2.99. The molecule has 1 aliphatic heterocycles. The third-order valence-electron chi connectivity index (χ3n) is 5.74.